The predicted molar refractivity (Wildman–Crippen MR) is 98.4 cm³/mol. The van der Waals surface area contributed by atoms with E-state index >= 15 is 0 Å². The number of fused-ring (bicyclic) bond motifs is 1. The van der Waals surface area contributed by atoms with Crippen LogP contribution in [-0.4, -0.2) is 37.4 Å². The summed E-state index contributed by atoms with van der Waals surface area (Å²) in [5.74, 6) is -0.378. The number of unbranched alkanes of at least 4 members (excludes halogenated alkanes) is 1. The Kier molecular flexibility index (Phi) is 5.23. The Bertz CT molecular complexity index is 959. The zero-order valence-electron chi connectivity index (χ0n) is 16.2. The van der Waals surface area contributed by atoms with Crippen molar-refractivity contribution in [2.45, 2.75) is 59.4 Å². The molecule has 0 amide bonds. The molecule has 148 valence electrons. The molecule has 9 heteroatoms. The van der Waals surface area contributed by atoms with Gasteiger partial charge in [0, 0.05) is 13.6 Å². The third kappa shape index (κ3) is 4.13. The number of epoxide rings is 1. The van der Waals surface area contributed by atoms with Gasteiger partial charge < -0.3 is 9.47 Å². The van der Waals surface area contributed by atoms with Gasteiger partial charge in [-0.2, -0.15) is 0 Å². The molecule has 3 rings (SSSR count). The molecule has 1 saturated heterocycles. The molecule has 0 aliphatic carbocycles. The van der Waals surface area contributed by atoms with Gasteiger partial charge in [0.15, 0.2) is 17.9 Å². The summed E-state index contributed by atoms with van der Waals surface area (Å²) in [7, 11) is 1.58. The number of carbonyl (C=O) groups is 1. The molecular weight excluding hydrogens is 352 g/mol. The molecule has 1 aliphatic rings. The quantitative estimate of drug-likeness (QED) is 0.405. The van der Waals surface area contributed by atoms with Crippen molar-refractivity contribution in [2.75, 3.05) is 6.61 Å². The van der Waals surface area contributed by atoms with E-state index in [0.29, 0.717) is 19.1 Å². The minimum Gasteiger partial charge on any atom is -0.443 e. The molecule has 0 N–H and O–H groups in total. The van der Waals surface area contributed by atoms with Crippen LogP contribution in [0.4, 0.5) is 0 Å². The van der Waals surface area contributed by atoms with E-state index in [1.165, 1.54) is 20.0 Å². The highest BCUT2D eigenvalue weighted by Crippen LogP contribution is 2.17. The van der Waals surface area contributed by atoms with Crippen molar-refractivity contribution in [3.05, 3.63) is 27.2 Å². The van der Waals surface area contributed by atoms with Crippen LogP contribution in [-0.2, 0) is 34.6 Å². The van der Waals surface area contributed by atoms with E-state index in [0.717, 1.165) is 19.4 Å². The fourth-order valence-corrected chi connectivity index (χ4v) is 2.84. The molecule has 1 unspecified atom stereocenters. The molecule has 0 radical (unpaired) electrons. The number of esters is 1. The van der Waals surface area contributed by atoms with Crippen LogP contribution >= 0.6 is 0 Å². The number of imidazole rings is 1. The molecule has 0 bridgehead atoms. The van der Waals surface area contributed by atoms with E-state index in [4.69, 9.17) is 9.47 Å². The molecule has 0 spiro atoms. The Morgan fingerprint density at radius 1 is 1.33 bits per heavy atom. The zero-order chi connectivity index (χ0) is 19.8. The summed E-state index contributed by atoms with van der Waals surface area (Å²) >= 11 is 0. The molecule has 1 fully saturated rings. The summed E-state index contributed by atoms with van der Waals surface area (Å²) in [5.41, 5.74) is -0.926. The molecule has 1 atom stereocenters. The monoisotopic (exact) mass is 378 g/mol. The molecule has 2 aromatic rings. The largest absolute Gasteiger partial charge is 0.443 e. The number of hydrogen-bond donors (Lipinski definition) is 0. The van der Waals surface area contributed by atoms with Gasteiger partial charge in [0.05, 0.1) is 18.1 Å². The van der Waals surface area contributed by atoms with E-state index in [2.05, 4.69) is 4.98 Å². The third-order valence-electron chi connectivity index (χ3n) is 4.61. The van der Waals surface area contributed by atoms with Crippen molar-refractivity contribution < 1.29 is 14.3 Å². The molecule has 9 nitrogen and oxygen atoms in total. The van der Waals surface area contributed by atoms with E-state index in [1.54, 1.807) is 27.8 Å². The van der Waals surface area contributed by atoms with Gasteiger partial charge >= 0.3 is 11.7 Å². The van der Waals surface area contributed by atoms with Crippen molar-refractivity contribution in [2.24, 2.45) is 12.5 Å². The normalized spacial score (nSPS) is 16.7. The SMILES string of the molecule is Cn1c(=O)n(CCCCC2CO2)c(=O)c2c1ncn2COC(=O)C(C)(C)C. The Balaban J connectivity index is 1.84. The highest BCUT2D eigenvalue weighted by Gasteiger charge is 2.24. The minimum atomic E-state index is -0.644. The van der Waals surface area contributed by atoms with Crippen molar-refractivity contribution in [3.8, 4) is 0 Å². The van der Waals surface area contributed by atoms with Gasteiger partial charge in [0.25, 0.3) is 5.56 Å². The summed E-state index contributed by atoms with van der Waals surface area (Å²) < 4.78 is 14.5. The Morgan fingerprint density at radius 2 is 2.04 bits per heavy atom. The number of aryl methyl sites for hydroxylation is 1. The number of aromatic nitrogens is 4. The van der Waals surface area contributed by atoms with Crippen LogP contribution < -0.4 is 11.2 Å². The lowest BCUT2D eigenvalue weighted by molar-refractivity contribution is -0.156. The van der Waals surface area contributed by atoms with E-state index in [-0.39, 0.29) is 23.9 Å². The lowest BCUT2D eigenvalue weighted by atomic mass is 9.98. The van der Waals surface area contributed by atoms with Crippen LogP contribution in [0.1, 0.15) is 40.0 Å². The molecule has 27 heavy (non-hydrogen) atoms. The lowest BCUT2D eigenvalue weighted by Crippen LogP contribution is -2.39. The van der Waals surface area contributed by atoms with Gasteiger partial charge in [0.2, 0.25) is 0 Å². The summed E-state index contributed by atoms with van der Waals surface area (Å²) in [5, 5.41) is 0. The van der Waals surface area contributed by atoms with Crippen LogP contribution in [0, 0.1) is 5.41 Å². The molecular formula is C18H26N4O5. The van der Waals surface area contributed by atoms with Crippen molar-refractivity contribution in [1.82, 2.24) is 18.7 Å². The van der Waals surface area contributed by atoms with E-state index in [9.17, 15) is 14.4 Å². The Morgan fingerprint density at radius 3 is 2.67 bits per heavy atom. The van der Waals surface area contributed by atoms with Gasteiger partial charge in [-0.15, -0.1) is 0 Å². The molecule has 0 aromatic carbocycles. The maximum Gasteiger partial charge on any atom is 0.332 e. The summed E-state index contributed by atoms with van der Waals surface area (Å²) in [6, 6.07) is 0. The topological polar surface area (TPSA) is 101 Å². The number of ether oxygens (including phenoxy) is 2. The van der Waals surface area contributed by atoms with Gasteiger partial charge in [-0.3, -0.25) is 23.3 Å². The first kappa shape index (κ1) is 19.3. The highest BCUT2D eigenvalue weighted by molar-refractivity contribution is 5.75. The summed E-state index contributed by atoms with van der Waals surface area (Å²) in [4.78, 5) is 41.6. The number of hydrogen-bond acceptors (Lipinski definition) is 6. The van der Waals surface area contributed by atoms with Gasteiger partial charge in [0.1, 0.15) is 6.33 Å². The van der Waals surface area contributed by atoms with Crippen molar-refractivity contribution in [1.29, 1.82) is 0 Å². The smallest absolute Gasteiger partial charge is 0.332 e. The first-order chi connectivity index (χ1) is 12.7. The fraction of sp³-hybridized carbons (Fsp3) is 0.667. The van der Waals surface area contributed by atoms with Crippen LogP contribution in [0.15, 0.2) is 15.9 Å². The van der Waals surface area contributed by atoms with Crippen molar-refractivity contribution in [3.63, 3.8) is 0 Å². The van der Waals surface area contributed by atoms with E-state index < -0.39 is 16.7 Å². The van der Waals surface area contributed by atoms with Crippen molar-refractivity contribution >= 4 is 17.1 Å². The summed E-state index contributed by atoms with van der Waals surface area (Å²) in [6.07, 6.45) is 4.30. The molecule has 3 heterocycles. The average Bonchev–Trinajstić information content (AvgIpc) is 3.33. The molecule has 0 saturated carbocycles. The maximum atomic E-state index is 12.9. The molecule has 1 aliphatic heterocycles. The van der Waals surface area contributed by atoms with Crippen LogP contribution in [0.25, 0.3) is 11.2 Å². The second kappa shape index (κ2) is 7.30. The highest BCUT2D eigenvalue weighted by atomic mass is 16.6. The average molecular weight is 378 g/mol. The van der Waals surface area contributed by atoms with Gasteiger partial charge in [-0.25, -0.2) is 9.78 Å². The van der Waals surface area contributed by atoms with Crippen LogP contribution in [0.3, 0.4) is 0 Å². The number of carbonyl (C=O) groups excluding carboxylic acids is 1. The lowest BCUT2D eigenvalue weighted by Gasteiger charge is -2.17. The fourth-order valence-electron chi connectivity index (χ4n) is 2.84. The van der Waals surface area contributed by atoms with E-state index in [1.807, 2.05) is 0 Å². The van der Waals surface area contributed by atoms with Gasteiger partial charge in [-0.05, 0) is 40.0 Å². The molecule has 2 aromatic heterocycles. The number of nitrogens with zero attached hydrogens (tertiary/aromatic N) is 4. The predicted octanol–water partition coefficient (Wildman–Crippen LogP) is 1.01. The first-order valence-electron chi connectivity index (χ1n) is 9.13. The Labute approximate surface area is 156 Å². The van der Waals surface area contributed by atoms with Crippen LogP contribution in [0.5, 0.6) is 0 Å². The standard InChI is InChI=1S/C18H26N4O5/c1-18(2,3)16(24)27-11-21-10-19-14-13(21)15(23)22(17(25)20(14)4)8-6-5-7-12-9-26-12/h10,12H,5-9,11H2,1-4H3. The second-order valence-corrected chi connectivity index (χ2v) is 7.95. The number of rotatable bonds is 7. The minimum absolute atomic E-state index is 0.126. The van der Waals surface area contributed by atoms with Crippen LogP contribution in [0.2, 0.25) is 0 Å². The zero-order valence-corrected chi connectivity index (χ0v) is 16.2. The first-order valence-corrected chi connectivity index (χ1v) is 9.13. The summed E-state index contributed by atoms with van der Waals surface area (Å²) in [6.45, 7) is 6.28. The van der Waals surface area contributed by atoms with Gasteiger partial charge in [-0.1, -0.05) is 0 Å². The second-order valence-electron chi connectivity index (χ2n) is 7.95. The Hall–Kier alpha value is -2.42. The maximum absolute atomic E-state index is 12.9. The third-order valence-corrected chi connectivity index (χ3v) is 4.61.